The second kappa shape index (κ2) is 9.02. The van der Waals surface area contributed by atoms with E-state index in [2.05, 4.69) is 53.7 Å². The molecule has 0 radical (unpaired) electrons. The first kappa shape index (κ1) is 18.7. The molecule has 4 heteroatoms. The number of aryl methyl sites for hydroxylation is 1. The van der Waals surface area contributed by atoms with Gasteiger partial charge >= 0.3 is 0 Å². The molecule has 0 bridgehead atoms. The second-order valence-electron chi connectivity index (χ2n) is 7.86. The van der Waals surface area contributed by atoms with Gasteiger partial charge in [0.05, 0.1) is 0 Å². The number of benzene rings is 1. The van der Waals surface area contributed by atoms with E-state index in [1.807, 2.05) is 6.07 Å². The standard InChI is InChI=1S/C21H35N3O/c1-18-5-4-6-21(17-18)25-16-15-23-11-9-22(10-12-23)13-14-24-19(2)7-8-20(24)3/h4-6,17,19-20H,7-16H2,1-3H3/t19-,20-/m0/s1. The van der Waals surface area contributed by atoms with E-state index in [0.717, 1.165) is 31.0 Å². The molecule has 1 aromatic carbocycles. The zero-order valence-electron chi connectivity index (χ0n) is 16.3. The van der Waals surface area contributed by atoms with Crippen molar-refractivity contribution in [2.45, 2.75) is 45.7 Å². The molecular formula is C21H35N3O. The Morgan fingerprint density at radius 2 is 1.56 bits per heavy atom. The highest BCUT2D eigenvalue weighted by molar-refractivity contribution is 5.27. The maximum absolute atomic E-state index is 5.89. The molecule has 2 heterocycles. The van der Waals surface area contributed by atoms with Crippen molar-refractivity contribution < 1.29 is 4.74 Å². The van der Waals surface area contributed by atoms with Gasteiger partial charge in [0.1, 0.15) is 12.4 Å². The van der Waals surface area contributed by atoms with Crippen molar-refractivity contribution in [3.05, 3.63) is 29.8 Å². The highest BCUT2D eigenvalue weighted by Crippen LogP contribution is 2.22. The predicted molar refractivity (Wildman–Crippen MR) is 104 cm³/mol. The van der Waals surface area contributed by atoms with E-state index >= 15 is 0 Å². The fourth-order valence-corrected chi connectivity index (χ4v) is 4.18. The first-order valence-electron chi connectivity index (χ1n) is 10.0. The lowest BCUT2D eigenvalue weighted by molar-refractivity contribution is 0.0997. The molecule has 0 aromatic heterocycles. The normalized spacial score (nSPS) is 26.2. The largest absolute Gasteiger partial charge is 0.492 e. The van der Waals surface area contributed by atoms with Crippen LogP contribution >= 0.6 is 0 Å². The van der Waals surface area contributed by atoms with Crippen LogP contribution in [0.2, 0.25) is 0 Å². The van der Waals surface area contributed by atoms with Gasteiger partial charge in [-0.3, -0.25) is 14.7 Å². The van der Waals surface area contributed by atoms with Crippen molar-refractivity contribution in [1.82, 2.24) is 14.7 Å². The highest BCUT2D eigenvalue weighted by Gasteiger charge is 2.27. The SMILES string of the molecule is Cc1cccc(OCCN2CCN(CCN3[C@@H](C)CC[C@@H]3C)CC2)c1. The Morgan fingerprint density at radius 1 is 0.920 bits per heavy atom. The number of rotatable bonds is 7. The third kappa shape index (κ3) is 5.44. The number of hydrogen-bond donors (Lipinski definition) is 0. The third-order valence-electron chi connectivity index (χ3n) is 5.94. The fraction of sp³-hybridized carbons (Fsp3) is 0.714. The summed E-state index contributed by atoms with van der Waals surface area (Å²) in [6.45, 7) is 15.9. The highest BCUT2D eigenvalue weighted by atomic mass is 16.5. The number of hydrogen-bond acceptors (Lipinski definition) is 4. The maximum Gasteiger partial charge on any atom is 0.119 e. The molecular weight excluding hydrogens is 310 g/mol. The Bertz CT molecular complexity index is 518. The van der Waals surface area contributed by atoms with E-state index in [0.29, 0.717) is 0 Å². The number of piperazine rings is 1. The van der Waals surface area contributed by atoms with Crippen LogP contribution < -0.4 is 4.74 Å². The molecule has 0 saturated carbocycles. The van der Waals surface area contributed by atoms with Gasteiger partial charge in [-0.15, -0.1) is 0 Å². The maximum atomic E-state index is 5.89. The van der Waals surface area contributed by atoms with Gasteiger partial charge in [-0.1, -0.05) is 12.1 Å². The van der Waals surface area contributed by atoms with E-state index in [9.17, 15) is 0 Å². The molecule has 0 N–H and O–H groups in total. The van der Waals surface area contributed by atoms with Crippen LogP contribution in [0.5, 0.6) is 5.75 Å². The van der Waals surface area contributed by atoms with E-state index < -0.39 is 0 Å². The number of ether oxygens (including phenoxy) is 1. The Balaban J connectivity index is 1.31. The Labute approximate surface area is 153 Å². The Kier molecular flexibility index (Phi) is 6.74. The summed E-state index contributed by atoms with van der Waals surface area (Å²) in [7, 11) is 0. The Morgan fingerprint density at radius 3 is 2.20 bits per heavy atom. The monoisotopic (exact) mass is 345 g/mol. The van der Waals surface area contributed by atoms with Crippen LogP contribution in [0.4, 0.5) is 0 Å². The minimum Gasteiger partial charge on any atom is -0.492 e. The molecule has 0 unspecified atom stereocenters. The summed E-state index contributed by atoms with van der Waals surface area (Å²) in [6.07, 6.45) is 2.74. The van der Waals surface area contributed by atoms with Gasteiger partial charge in [0.2, 0.25) is 0 Å². The molecule has 2 fully saturated rings. The van der Waals surface area contributed by atoms with Crippen molar-refractivity contribution in [2.75, 3.05) is 52.4 Å². The van der Waals surface area contributed by atoms with Crippen molar-refractivity contribution >= 4 is 0 Å². The molecule has 2 aliphatic rings. The topological polar surface area (TPSA) is 19.0 Å². The lowest BCUT2D eigenvalue weighted by Crippen LogP contribution is -2.50. The molecule has 0 spiro atoms. The van der Waals surface area contributed by atoms with Crippen LogP contribution in [-0.2, 0) is 0 Å². The molecule has 2 atom stereocenters. The van der Waals surface area contributed by atoms with Crippen LogP contribution in [0.3, 0.4) is 0 Å². The van der Waals surface area contributed by atoms with E-state index in [1.54, 1.807) is 0 Å². The van der Waals surface area contributed by atoms with Crippen LogP contribution in [0.1, 0.15) is 32.3 Å². The Hall–Kier alpha value is -1.10. The predicted octanol–water partition coefficient (Wildman–Crippen LogP) is 2.86. The third-order valence-corrected chi connectivity index (χ3v) is 5.94. The first-order chi connectivity index (χ1) is 12.1. The smallest absolute Gasteiger partial charge is 0.119 e. The van der Waals surface area contributed by atoms with Gasteiger partial charge in [-0.25, -0.2) is 0 Å². The average Bonchev–Trinajstić information content (AvgIpc) is 2.92. The average molecular weight is 346 g/mol. The summed E-state index contributed by atoms with van der Waals surface area (Å²) in [5, 5.41) is 0. The van der Waals surface area contributed by atoms with Gasteiger partial charge in [0.15, 0.2) is 0 Å². The molecule has 4 nitrogen and oxygen atoms in total. The zero-order valence-corrected chi connectivity index (χ0v) is 16.3. The molecule has 2 saturated heterocycles. The molecule has 2 aliphatic heterocycles. The van der Waals surface area contributed by atoms with E-state index in [-0.39, 0.29) is 0 Å². The van der Waals surface area contributed by atoms with Crippen molar-refractivity contribution in [3.8, 4) is 5.75 Å². The number of nitrogens with zero attached hydrogens (tertiary/aromatic N) is 3. The molecule has 25 heavy (non-hydrogen) atoms. The quantitative estimate of drug-likeness (QED) is 0.756. The fourth-order valence-electron chi connectivity index (χ4n) is 4.18. The zero-order chi connectivity index (χ0) is 17.6. The van der Waals surface area contributed by atoms with E-state index in [1.165, 1.54) is 57.7 Å². The summed E-state index contributed by atoms with van der Waals surface area (Å²) < 4.78 is 5.89. The van der Waals surface area contributed by atoms with Gasteiger partial charge in [-0.2, -0.15) is 0 Å². The van der Waals surface area contributed by atoms with Crippen LogP contribution in [0.15, 0.2) is 24.3 Å². The first-order valence-corrected chi connectivity index (χ1v) is 10.0. The van der Waals surface area contributed by atoms with Crippen molar-refractivity contribution in [3.63, 3.8) is 0 Å². The number of likely N-dealkylation sites (tertiary alicyclic amines) is 1. The van der Waals surface area contributed by atoms with Gasteiger partial charge < -0.3 is 4.74 Å². The molecule has 1 aromatic rings. The van der Waals surface area contributed by atoms with Gasteiger partial charge in [0.25, 0.3) is 0 Å². The van der Waals surface area contributed by atoms with Crippen molar-refractivity contribution in [2.24, 2.45) is 0 Å². The molecule has 0 amide bonds. The second-order valence-corrected chi connectivity index (χ2v) is 7.86. The molecule has 0 aliphatic carbocycles. The van der Waals surface area contributed by atoms with Crippen LogP contribution in [-0.4, -0.2) is 79.2 Å². The summed E-state index contributed by atoms with van der Waals surface area (Å²) in [4.78, 5) is 7.87. The van der Waals surface area contributed by atoms with E-state index in [4.69, 9.17) is 4.74 Å². The summed E-state index contributed by atoms with van der Waals surface area (Å²) in [6, 6.07) is 9.87. The lowest BCUT2D eigenvalue weighted by Gasteiger charge is -2.36. The van der Waals surface area contributed by atoms with Crippen LogP contribution in [0, 0.1) is 6.92 Å². The minimum atomic E-state index is 0.773. The lowest BCUT2D eigenvalue weighted by atomic mass is 10.2. The van der Waals surface area contributed by atoms with Gasteiger partial charge in [0, 0.05) is 57.9 Å². The minimum absolute atomic E-state index is 0.773. The summed E-state index contributed by atoms with van der Waals surface area (Å²) in [5.74, 6) is 0.993. The van der Waals surface area contributed by atoms with Crippen molar-refractivity contribution in [1.29, 1.82) is 0 Å². The molecule has 3 rings (SSSR count). The summed E-state index contributed by atoms with van der Waals surface area (Å²) >= 11 is 0. The summed E-state index contributed by atoms with van der Waals surface area (Å²) in [5.41, 5.74) is 1.26. The van der Waals surface area contributed by atoms with Gasteiger partial charge in [-0.05, 0) is 51.3 Å². The van der Waals surface area contributed by atoms with Crippen LogP contribution in [0.25, 0.3) is 0 Å². The molecule has 140 valence electrons.